The van der Waals surface area contributed by atoms with Crippen LogP contribution in [0.3, 0.4) is 0 Å². The molecule has 3 rings (SSSR count). The Bertz CT molecular complexity index is 891. The predicted molar refractivity (Wildman–Crippen MR) is 115 cm³/mol. The lowest BCUT2D eigenvalue weighted by Gasteiger charge is -2.26. The van der Waals surface area contributed by atoms with Crippen LogP contribution in [0, 0.1) is 0 Å². The second-order valence-electron chi connectivity index (χ2n) is 6.83. The summed E-state index contributed by atoms with van der Waals surface area (Å²) < 4.78 is 0. The largest absolute Gasteiger partial charge is 0.347 e. The van der Waals surface area contributed by atoms with Crippen LogP contribution in [0.4, 0.5) is 5.69 Å². The molecule has 1 aliphatic heterocycles. The maximum absolute atomic E-state index is 12.2. The third kappa shape index (κ3) is 6.61. The molecule has 1 aromatic carbocycles. The molecule has 8 heteroatoms. The van der Waals surface area contributed by atoms with Gasteiger partial charge in [0, 0.05) is 56.7 Å². The topological polar surface area (TPSA) is 103 Å². The van der Waals surface area contributed by atoms with Gasteiger partial charge in [-0.25, -0.2) is 0 Å². The minimum absolute atomic E-state index is 0.177. The van der Waals surface area contributed by atoms with Gasteiger partial charge >= 0.3 is 11.8 Å². The van der Waals surface area contributed by atoms with Crippen LogP contribution in [0.15, 0.2) is 54.7 Å². The molecule has 30 heavy (non-hydrogen) atoms. The monoisotopic (exact) mass is 407 g/mol. The lowest BCUT2D eigenvalue weighted by Crippen LogP contribution is -2.47. The Morgan fingerprint density at radius 3 is 2.50 bits per heavy atom. The summed E-state index contributed by atoms with van der Waals surface area (Å²) in [6.45, 7) is 4.87. The maximum Gasteiger partial charge on any atom is 0.313 e. The Balaban J connectivity index is 1.44. The summed E-state index contributed by atoms with van der Waals surface area (Å²) in [7, 11) is 0. The van der Waals surface area contributed by atoms with Gasteiger partial charge in [-0.2, -0.15) is 0 Å². The van der Waals surface area contributed by atoms with Gasteiger partial charge < -0.3 is 16.0 Å². The van der Waals surface area contributed by atoms with Crippen LogP contribution in [0.5, 0.6) is 0 Å². The summed E-state index contributed by atoms with van der Waals surface area (Å²) in [6.07, 6.45) is 4.74. The zero-order valence-corrected chi connectivity index (χ0v) is 16.6. The lowest BCUT2D eigenvalue weighted by atomic mass is 10.1. The van der Waals surface area contributed by atoms with E-state index >= 15 is 0 Å². The number of benzene rings is 1. The smallest absolute Gasteiger partial charge is 0.313 e. The molecule has 8 nitrogen and oxygen atoms in total. The van der Waals surface area contributed by atoms with E-state index in [-0.39, 0.29) is 5.78 Å². The van der Waals surface area contributed by atoms with Crippen molar-refractivity contribution in [2.45, 2.75) is 0 Å². The summed E-state index contributed by atoms with van der Waals surface area (Å²) in [5, 5.41) is 8.43. The highest BCUT2D eigenvalue weighted by Gasteiger charge is 2.15. The molecule has 0 radical (unpaired) electrons. The summed E-state index contributed by atoms with van der Waals surface area (Å²) in [5.41, 5.74) is 1.61. The van der Waals surface area contributed by atoms with E-state index in [9.17, 15) is 14.4 Å². The molecule has 0 atom stereocenters. The first-order valence-electron chi connectivity index (χ1n) is 9.87. The van der Waals surface area contributed by atoms with Gasteiger partial charge in [0.15, 0.2) is 5.78 Å². The van der Waals surface area contributed by atoms with Crippen molar-refractivity contribution in [1.82, 2.24) is 20.5 Å². The molecule has 1 aromatic heterocycles. The molecule has 156 valence electrons. The van der Waals surface area contributed by atoms with E-state index in [1.165, 1.54) is 6.08 Å². The van der Waals surface area contributed by atoms with Gasteiger partial charge in [0.05, 0.1) is 5.69 Å². The number of amides is 2. The van der Waals surface area contributed by atoms with Crippen LogP contribution in [0.25, 0.3) is 6.08 Å². The number of hydrogen-bond donors (Lipinski definition) is 3. The molecule has 3 N–H and O–H groups in total. The number of ketones is 1. The maximum atomic E-state index is 12.2. The van der Waals surface area contributed by atoms with E-state index in [2.05, 4.69) is 25.8 Å². The van der Waals surface area contributed by atoms with Crippen molar-refractivity contribution in [2.75, 3.05) is 44.6 Å². The minimum Gasteiger partial charge on any atom is -0.347 e. The van der Waals surface area contributed by atoms with Gasteiger partial charge in [0.25, 0.3) is 0 Å². The van der Waals surface area contributed by atoms with Gasteiger partial charge in [-0.3, -0.25) is 24.3 Å². The first-order chi connectivity index (χ1) is 14.6. The molecule has 0 aliphatic carbocycles. The van der Waals surface area contributed by atoms with Crippen molar-refractivity contribution in [1.29, 1.82) is 0 Å². The summed E-state index contributed by atoms with van der Waals surface area (Å²) >= 11 is 0. The van der Waals surface area contributed by atoms with Crippen LogP contribution < -0.4 is 16.0 Å². The fourth-order valence-electron chi connectivity index (χ4n) is 2.98. The quantitative estimate of drug-likeness (QED) is 0.359. The molecule has 2 aromatic rings. The number of allylic oxidation sites excluding steroid dienone is 1. The van der Waals surface area contributed by atoms with Crippen molar-refractivity contribution >= 4 is 29.4 Å². The summed E-state index contributed by atoms with van der Waals surface area (Å²) in [6, 6.07) is 11.8. The zero-order chi connectivity index (χ0) is 21.2. The molecule has 1 saturated heterocycles. The molecule has 1 aliphatic rings. The van der Waals surface area contributed by atoms with Crippen LogP contribution in [-0.4, -0.2) is 66.8 Å². The van der Waals surface area contributed by atoms with Gasteiger partial charge in [0.1, 0.15) is 0 Å². The van der Waals surface area contributed by atoms with Crippen LogP contribution >= 0.6 is 0 Å². The molecule has 2 heterocycles. The van der Waals surface area contributed by atoms with Crippen molar-refractivity contribution in [3.05, 3.63) is 66.0 Å². The SMILES string of the molecule is O=C(NCCN1CCNCC1)C(=O)Nc1ccc(C(=O)/C=C/c2ccccn2)cc1. The first kappa shape index (κ1) is 21.4. The number of nitrogens with zero attached hydrogens (tertiary/aromatic N) is 2. The van der Waals surface area contributed by atoms with E-state index in [0.29, 0.717) is 30.0 Å². The number of aromatic nitrogens is 1. The first-order valence-corrected chi connectivity index (χ1v) is 9.87. The number of hydrogen-bond acceptors (Lipinski definition) is 6. The number of carbonyl (C=O) groups excluding carboxylic acids is 3. The van der Waals surface area contributed by atoms with Crippen LogP contribution in [0.1, 0.15) is 16.1 Å². The Morgan fingerprint density at radius 1 is 1.03 bits per heavy atom. The van der Waals surface area contributed by atoms with Gasteiger partial charge in [-0.1, -0.05) is 6.07 Å². The molecule has 0 bridgehead atoms. The van der Waals surface area contributed by atoms with E-state index in [1.54, 1.807) is 48.7 Å². The molecular formula is C22H25N5O3. The Labute approximate surface area is 175 Å². The number of anilines is 1. The number of rotatable bonds is 7. The highest BCUT2D eigenvalue weighted by molar-refractivity contribution is 6.39. The van der Waals surface area contributed by atoms with Gasteiger partial charge in [-0.05, 0) is 48.6 Å². The van der Waals surface area contributed by atoms with Crippen molar-refractivity contribution in [3.63, 3.8) is 0 Å². The average Bonchev–Trinajstić information content (AvgIpc) is 2.79. The van der Waals surface area contributed by atoms with Crippen molar-refractivity contribution < 1.29 is 14.4 Å². The number of pyridine rings is 1. The third-order valence-corrected chi connectivity index (χ3v) is 4.65. The predicted octanol–water partition coefficient (Wildman–Crippen LogP) is 0.938. The molecule has 0 spiro atoms. The number of nitrogens with one attached hydrogen (secondary N) is 3. The third-order valence-electron chi connectivity index (χ3n) is 4.65. The fourth-order valence-corrected chi connectivity index (χ4v) is 2.98. The molecule has 0 saturated carbocycles. The van der Waals surface area contributed by atoms with Crippen LogP contribution in [-0.2, 0) is 9.59 Å². The van der Waals surface area contributed by atoms with Crippen molar-refractivity contribution in [2.24, 2.45) is 0 Å². The van der Waals surface area contributed by atoms with Crippen LogP contribution in [0.2, 0.25) is 0 Å². The lowest BCUT2D eigenvalue weighted by molar-refractivity contribution is -0.136. The highest BCUT2D eigenvalue weighted by Crippen LogP contribution is 2.11. The minimum atomic E-state index is -0.732. The second-order valence-corrected chi connectivity index (χ2v) is 6.83. The number of carbonyl (C=O) groups is 3. The Morgan fingerprint density at radius 2 is 1.80 bits per heavy atom. The Hall–Kier alpha value is -3.36. The standard InChI is InChI=1S/C22H25N5O3/c28-20(9-8-18-3-1-2-10-24-18)17-4-6-19(7-5-17)26-22(30)21(29)25-13-16-27-14-11-23-12-15-27/h1-10,23H,11-16H2,(H,25,29)(H,26,30)/b9-8+. The summed E-state index contributed by atoms with van der Waals surface area (Å²) in [4.78, 5) is 42.6. The normalized spacial score (nSPS) is 14.4. The van der Waals surface area contributed by atoms with E-state index < -0.39 is 11.8 Å². The second kappa shape index (κ2) is 11.0. The highest BCUT2D eigenvalue weighted by atomic mass is 16.2. The molecular weight excluding hydrogens is 382 g/mol. The Kier molecular flexibility index (Phi) is 7.82. The fraction of sp³-hybridized carbons (Fsp3) is 0.273. The number of piperazine rings is 1. The van der Waals surface area contributed by atoms with E-state index in [1.807, 2.05) is 6.07 Å². The molecule has 0 unspecified atom stereocenters. The van der Waals surface area contributed by atoms with Crippen molar-refractivity contribution in [3.8, 4) is 0 Å². The summed E-state index contributed by atoms with van der Waals surface area (Å²) in [5.74, 6) is -1.59. The van der Waals surface area contributed by atoms with E-state index in [4.69, 9.17) is 0 Å². The van der Waals surface area contributed by atoms with E-state index in [0.717, 1.165) is 26.2 Å². The zero-order valence-electron chi connectivity index (χ0n) is 16.6. The molecule has 1 fully saturated rings. The molecule has 2 amide bonds. The average molecular weight is 407 g/mol. The van der Waals surface area contributed by atoms with Gasteiger partial charge in [-0.15, -0.1) is 0 Å². The van der Waals surface area contributed by atoms with Gasteiger partial charge in [0.2, 0.25) is 0 Å².